The summed E-state index contributed by atoms with van der Waals surface area (Å²) in [7, 11) is 0. The average Bonchev–Trinajstić information content (AvgIpc) is 2.31. The Bertz CT molecular complexity index is 310. The SMILES string of the molecule is Cc1nc(C([NH])=O)c(C(=O)O)[nH]1. The number of hydrogen-bond donors (Lipinski definition) is 2. The van der Waals surface area contributed by atoms with Gasteiger partial charge in [0.2, 0.25) is 0 Å². The van der Waals surface area contributed by atoms with E-state index in [1.165, 1.54) is 6.92 Å². The number of imidazole rings is 1. The fourth-order valence-corrected chi connectivity index (χ4v) is 0.811. The van der Waals surface area contributed by atoms with E-state index in [1.807, 2.05) is 0 Å². The van der Waals surface area contributed by atoms with Crippen molar-refractivity contribution in [3.63, 3.8) is 0 Å². The van der Waals surface area contributed by atoms with E-state index in [-0.39, 0.29) is 11.4 Å². The number of hydrogen-bond acceptors (Lipinski definition) is 3. The van der Waals surface area contributed by atoms with E-state index in [1.54, 1.807) is 0 Å². The Labute approximate surface area is 67.4 Å². The van der Waals surface area contributed by atoms with Gasteiger partial charge in [-0.05, 0) is 6.92 Å². The van der Waals surface area contributed by atoms with E-state index >= 15 is 0 Å². The second kappa shape index (κ2) is 2.65. The second-order valence-electron chi connectivity index (χ2n) is 2.18. The highest BCUT2D eigenvalue weighted by molar-refractivity contribution is 6.01. The van der Waals surface area contributed by atoms with Gasteiger partial charge in [0.05, 0.1) is 0 Å². The summed E-state index contributed by atoms with van der Waals surface area (Å²) in [6, 6.07) is 0. The van der Waals surface area contributed by atoms with E-state index in [4.69, 9.17) is 10.8 Å². The molecule has 1 heterocycles. The number of nitrogens with zero attached hydrogens (tertiary/aromatic N) is 1. The topological polar surface area (TPSA) is 107 Å². The summed E-state index contributed by atoms with van der Waals surface area (Å²) in [4.78, 5) is 26.9. The second-order valence-corrected chi connectivity index (χ2v) is 2.18. The quantitative estimate of drug-likeness (QED) is 0.639. The molecule has 0 aliphatic rings. The molecule has 63 valence electrons. The molecule has 0 aliphatic carbocycles. The van der Waals surface area contributed by atoms with Crippen LogP contribution in [0.2, 0.25) is 0 Å². The van der Waals surface area contributed by atoms with Crippen LogP contribution in [0.15, 0.2) is 0 Å². The zero-order valence-electron chi connectivity index (χ0n) is 6.21. The number of carboxylic acid groups (broad SMARTS) is 1. The summed E-state index contributed by atoms with van der Waals surface area (Å²) in [6.07, 6.45) is 0. The van der Waals surface area contributed by atoms with Gasteiger partial charge in [0.15, 0.2) is 11.4 Å². The van der Waals surface area contributed by atoms with Crippen LogP contribution in [0, 0.1) is 6.92 Å². The van der Waals surface area contributed by atoms with Crippen molar-refractivity contribution in [2.24, 2.45) is 0 Å². The molecular formula is C6H6N3O3. The Hall–Kier alpha value is -1.85. The first-order valence-electron chi connectivity index (χ1n) is 3.08. The number of carbonyl (C=O) groups is 2. The van der Waals surface area contributed by atoms with Crippen LogP contribution in [0.3, 0.4) is 0 Å². The van der Waals surface area contributed by atoms with Gasteiger partial charge < -0.3 is 10.1 Å². The molecule has 0 aromatic carbocycles. The fourth-order valence-electron chi connectivity index (χ4n) is 0.811. The lowest BCUT2D eigenvalue weighted by atomic mass is 10.3. The van der Waals surface area contributed by atoms with Gasteiger partial charge >= 0.3 is 5.97 Å². The van der Waals surface area contributed by atoms with Crippen LogP contribution in [-0.2, 0) is 0 Å². The van der Waals surface area contributed by atoms with Gasteiger partial charge in [-0.3, -0.25) is 10.5 Å². The highest BCUT2D eigenvalue weighted by Crippen LogP contribution is 2.04. The number of aromatic carboxylic acids is 1. The molecule has 1 radical (unpaired) electrons. The molecule has 12 heavy (non-hydrogen) atoms. The van der Waals surface area contributed by atoms with Crippen LogP contribution in [0.25, 0.3) is 0 Å². The Balaban J connectivity index is 3.26. The number of amides is 1. The molecule has 3 N–H and O–H groups in total. The first-order chi connectivity index (χ1) is 5.52. The smallest absolute Gasteiger partial charge is 0.354 e. The number of rotatable bonds is 2. The normalized spacial score (nSPS) is 9.75. The standard InChI is InChI=1S/C6H6N3O3/c1-2-8-3(5(7)10)4(9-2)6(11)12/h7H,1H3,(H,8,9)(H,11,12). The Morgan fingerprint density at radius 3 is 2.50 bits per heavy atom. The van der Waals surface area contributed by atoms with Gasteiger partial charge in [-0.25, -0.2) is 9.78 Å². The number of carbonyl (C=O) groups excluding carboxylic acids is 1. The fraction of sp³-hybridized carbons (Fsp3) is 0.167. The number of nitrogens with one attached hydrogen (secondary N) is 2. The van der Waals surface area contributed by atoms with E-state index in [9.17, 15) is 9.59 Å². The minimum atomic E-state index is -1.29. The molecule has 6 nitrogen and oxygen atoms in total. The lowest BCUT2D eigenvalue weighted by Crippen LogP contribution is -2.08. The van der Waals surface area contributed by atoms with Crippen molar-refractivity contribution in [3.05, 3.63) is 17.2 Å². The molecule has 0 atom stereocenters. The maximum absolute atomic E-state index is 10.5. The van der Waals surface area contributed by atoms with Crippen molar-refractivity contribution < 1.29 is 14.7 Å². The van der Waals surface area contributed by atoms with Crippen molar-refractivity contribution in [1.82, 2.24) is 15.7 Å². The summed E-state index contributed by atoms with van der Waals surface area (Å²) >= 11 is 0. The monoisotopic (exact) mass is 168 g/mol. The molecular weight excluding hydrogens is 162 g/mol. The lowest BCUT2D eigenvalue weighted by Gasteiger charge is -1.88. The number of aromatic nitrogens is 2. The van der Waals surface area contributed by atoms with Crippen LogP contribution < -0.4 is 5.73 Å². The van der Waals surface area contributed by atoms with Gasteiger partial charge in [0.1, 0.15) is 5.82 Å². The Morgan fingerprint density at radius 1 is 1.58 bits per heavy atom. The molecule has 0 aliphatic heterocycles. The lowest BCUT2D eigenvalue weighted by molar-refractivity contribution is 0.0685. The third-order valence-electron chi connectivity index (χ3n) is 1.25. The van der Waals surface area contributed by atoms with Crippen molar-refractivity contribution in [2.45, 2.75) is 6.92 Å². The molecule has 0 unspecified atom stereocenters. The molecule has 0 saturated heterocycles. The minimum Gasteiger partial charge on any atom is -0.477 e. The van der Waals surface area contributed by atoms with Crippen molar-refractivity contribution >= 4 is 11.9 Å². The minimum absolute atomic E-state index is 0.308. The predicted molar refractivity (Wildman–Crippen MR) is 37.7 cm³/mol. The van der Waals surface area contributed by atoms with Crippen LogP contribution in [0.5, 0.6) is 0 Å². The molecule has 1 aromatic heterocycles. The van der Waals surface area contributed by atoms with E-state index < -0.39 is 11.9 Å². The average molecular weight is 168 g/mol. The molecule has 0 saturated carbocycles. The Morgan fingerprint density at radius 2 is 2.17 bits per heavy atom. The number of aromatic amines is 1. The summed E-state index contributed by atoms with van der Waals surface area (Å²) in [6.45, 7) is 1.51. The van der Waals surface area contributed by atoms with Gasteiger partial charge in [-0.15, -0.1) is 0 Å². The number of aryl methyl sites for hydroxylation is 1. The van der Waals surface area contributed by atoms with Crippen molar-refractivity contribution in [3.8, 4) is 0 Å². The third kappa shape index (κ3) is 1.26. The summed E-state index contributed by atoms with van der Waals surface area (Å²) < 4.78 is 0. The largest absolute Gasteiger partial charge is 0.477 e. The van der Waals surface area contributed by atoms with Crippen molar-refractivity contribution in [2.75, 3.05) is 0 Å². The maximum Gasteiger partial charge on any atom is 0.354 e. The van der Waals surface area contributed by atoms with E-state index in [2.05, 4.69) is 9.97 Å². The highest BCUT2D eigenvalue weighted by atomic mass is 16.4. The molecule has 0 fully saturated rings. The third-order valence-corrected chi connectivity index (χ3v) is 1.25. The zero-order valence-corrected chi connectivity index (χ0v) is 6.21. The maximum atomic E-state index is 10.5. The van der Waals surface area contributed by atoms with Crippen LogP contribution in [-0.4, -0.2) is 27.0 Å². The van der Waals surface area contributed by atoms with Crippen LogP contribution in [0.1, 0.15) is 26.8 Å². The molecule has 0 bridgehead atoms. The summed E-state index contributed by atoms with van der Waals surface area (Å²) in [5.74, 6) is -2.08. The molecule has 6 heteroatoms. The summed E-state index contributed by atoms with van der Waals surface area (Å²) in [5.41, 5.74) is 6.01. The predicted octanol–water partition coefficient (Wildman–Crippen LogP) is -0.161. The Kier molecular flexibility index (Phi) is 1.82. The first-order valence-corrected chi connectivity index (χ1v) is 3.08. The van der Waals surface area contributed by atoms with Gasteiger partial charge in [-0.2, -0.15) is 0 Å². The molecule has 1 amide bonds. The van der Waals surface area contributed by atoms with E-state index in [0.717, 1.165) is 0 Å². The number of H-pyrrole nitrogens is 1. The summed E-state index contributed by atoms with van der Waals surface area (Å²) in [5, 5.41) is 8.52. The van der Waals surface area contributed by atoms with Crippen LogP contribution in [0.4, 0.5) is 0 Å². The number of carboxylic acids is 1. The van der Waals surface area contributed by atoms with E-state index in [0.29, 0.717) is 5.82 Å². The van der Waals surface area contributed by atoms with Crippen molar-refractivity contribution in [1.29, 1.82) is 0 Å². The van der Waals surface area contributed by atoms with Gasteiger partial charge in [0, 0.05) is 0 Å². The molecule has 1 aromatic rings. The zero-order chi connectivity index (χ0) is 9.30. The van der Waals surface area contributed by atoms with Crippen LogP contribution >= 0.6 is 0 Å². The first kappa shape index (κ1) is 8.25. The van der Waals surface area contributed by atoms with Gasteiger partial charge in [-0.1, -0.05) is 0 Å². The molecule has 1 rings (SSSR count). The highest BCUT2D eigenvalue weighted by Gasteiger charge is 2.19. The molecule has 0 spiro atoms. The van der Waals surface area contributed by atoms with Gasteiger partial charge in [0.25, 0.3) is 5.91 Å².